The molecule has 0 radical (unpaired) electrons. The summed E-state index contributed by atoms with van der Waals surface area (Å²) in [6, 6.07) is 0. The summed E-state index contributed by atoms with van der Waals surface area (Å²) in [7, 11) is 0. The molecule has 122 valence electrons. The highest BCUT2D eigenvalue weighted by Gasteiger charge is 2.28. The largest absolute Gasteiger partial charge is 0.444 e. The van der Waals surface area contributed by atoms with Crippen molar-refractivity contribution in [1.29, 1.82) is 0 Å². The van der Waals surface area contributed by atoms with Gasteiger partial charge >= 0.3 is 11.0 Å². The SMILES string of the molecule is [C-]#[N+]C1=CN(C(=O)OCC(Cl)(Cl)Cl)C=CC1c1sc(=O)[nH]c1C. The fourth-order valence-electron chi connectivity index (χ4n) is 1.91. The van der Waals surface area contributed by atoms with Gasteiger partial charge in [-0.2, -0.15) is 0 Å². The number of ether oxygens (including phenoxy) is 1. The number of nitrogens with zero attached hydrogens (tertiary/aromatic N) is 2. The first-order chi connectivity index (χ1) is 10.7. The normalized spacial score (nSPS) is 17.6. The van der Waals surface area contributed by atoms with Gasteiger partial charge in [0.25, 0.3) is 0 Å². The molecule has 0 saturated carbocycles. The minimum Gasteiger partial charge on any atom is -0.444 e. The number of allylic oxidation sites excluding steroid dienone is 1. The second-order valence-electron chi connectivity index (χ2n) is 4.57. The van der Waals surface area contributed by atoms with Gasteiger partial charge in [0.15, 0.2) is 5.70 Å². The number of nitrogens with one attached hydrogen (secondary N) is 1. The van der Waals surface area contributed by atoms with Crippen molar-refractivity contribution in [2.24, 2.45) is 0 Å². The first-order valence-electron chi connectivity index (χ1n) is 6.20. The zero-order valence-electron chi connectivity index (χ0n) is 11.7. The molecule has 1 N–H and O–H groups in total. The van der Waals surface area contributed by atoms with Gasteiger partial charge in [0.1, 0.15) is 6.61 Å². The van der Waals surface area contributed by atoms with E-state index in [-0.39, 0.29) is 10.6 Å². The third-order valence-electron chi connectivity index (χ3n) is 2.87. The molecule has 23 heavy (non-hydrogen) atoms. The molecule has 1 amide bonds. The highest BCUT2D eigenvalue weighted by atomic mass is 35.6. The summed E-state index contributed by atoms with van der Waals surface area (Å²) in [4.78, 5) is 31.0. The van der Waals surface area contributed by atoms with Gasteiger partial charge in [-0.05, 0) is 6.92 Å². The van der Waals surface area contributed by atoms with Crippen molar-refractivity contribution in [2.45, 2.75) is 16.6 Å². The molecule has 2 rings (SSSR count). The number of halogens is 3. The third kappa shape index (κ3) is 4.52. The number of aryl methyl sites for hydroxylation is 1. The maximum atomic E-state index is 11.9. The van der Waals surface area contributed by atoms with E-state index in [9.17, 15) is 9.59 Å². The molecule has 1 aliphatic rings. The van der Waals surface area contributed by atoms with Crippen LogP contribution in [0.4, 0.5) is 4.79 Å². The number of thiazole rings is 1. The zero-order chi connectivity index (χ0) is 17.2. The summed E-state index contributed by atoms with van der Waals surface area (Å²) >= 11 is 17.6. The molecule has 1 unspecified atom stereocenters. The molecule has 1 aliphatic heterocycles. The fourth-order valence-corrected chi connectivity index (χ4v) is 3.01. The van der Waals surface area contributed by atoms with Gasteiger partial charge in [-0.15, -0.1) is 0 Å². The van der Waals surface area contributed by atoms with E-state index in [2.05, 4.69) is 9.83 Å². The minimum absolute atomic E-state index is 0.195. The Kier molecular flexibility index (Phi) is 5.42. The van der Waals surface area contributed by atoms with Gasteiger partial charge in [-0.3, -0.25) is 9.69 Å². The van der Waals surface area contributed by atoms with Gasteiger partial charge in [-0.1, -0.05) is 52.2 Å². The minimum atomic E-state index is -1.71. The zero-order valence-corrected chi connectivity index (χ0v) is 14.8. The van der Waals surface area contributed by atoms with Crippen molar-refractivity contribution in [3.8, 4) is 0 Å². The first-order valence-corrected chi connectivity index (χ1v) is 8.15. The summed E-state index contributed by atoms with van der Waals surface area (Å²) < 4.78 is 3.14. The van der Waals surface area contributed by atoms with E-state index >= 15 is 0 Å². The van der Waals surface area contributed by atoms with Gasteiger partial charge < -0.3 is 9.72 Å². The van der Waals surface area contributed by atoms with Crippen LogP contribution < -0.4 is 4.87 Å². The van der Waals surface area contributed by atoms with Crippen LogP contribution in [-0.4, -0.2) is 26.4 Å². The summed E-state index contributed by atoms with van der Waals surface area (Å²) in [5.74, 6) is -0.395. The molecule has 0 saturated heterocycles. The van der Waals surface area contributed by atoms with E-state index in [0.717, 1.165) is 21.1 Å². The van der Waals surface area contributed by atoms with Crippen LogP contribution in [0.5, 0.6) is 0 Å². The monoisotopic (exact) mass is 393 g/mol. The molecule has 0 spiro atoms. The van der Waals surface area contributed by atoms with Gasteiger partial charge in [-0.25, -0.2) is 9.64 Å². The lowest BCUT2D eigenvalue weighted by atomic mass is 10.0. The van der Waals surface area contributed by atoms with Crippen molar-refractivity contribution in [2.75, 3.05) is 6.61 Å². The lowest BCUT2D eigenvalue weighted by Crippen LogP contribution is -2.27. The Bertz CT molecular complexity index is 770. The number of rotatable bonds is 2. The summed E-state index contributed by atoms with van der Waals surface area (Å²) in [5.41, 5.74) is 0.966. The average Bonchev–Trinajstić information content (AvgIpc) is 2.81. The van der Waals surface area contributed by atoms with Crippen LogP contribution >= 0.6 is 46.1 Å². The number of hydrogen-bond donors (Lipinski definition) is 1. The molecular formula is C13H10Cl3N3O3S. The number of aromatic amines is 1. The molecule has 1 aromatic heterocycles. The summed E-state index contributed by atoms with van der Waals surface area (Å²) in [5, 5.41) is 0. The Labute approximate surface area is 150 Å². The van der Waals surface area contributed by atoms with Gasteiger partial charge in [0, 0.05) is 23.0 Å². The number of aromatic nitrogens is 1. The summed E-state index contributed by atoms with van der Waals surface area (Å²) in [6.45, 7) is 8.62. The lowest BCUT2D eigenvalue weighted by molar-refractivity contribution is 0.129. The molecule has 0 bridgehead atoms. The molecule has 10 heteroatoms. The third-order valence-corrected chi connectivity index (χ3v) is 4.27. The smallest absolute Gasteiger partial charge is 0.416 e. The van der Waals surface area contributed by atoms with E-state index in [1.807, 2.05) is 0 Å². The van der Waals surface area contributed by atoms with Crippen molar-refractivity contribution >= 4 is 52.2 Å². The van der Waals surface area contributed by atoms with Crippen molar-refractivity contribution in [3.63, 3.8) is 0 Å². The number of amides is 1. The predicted octanol–water partition coefficient (Wildman–Crippen LogP) is 3.93. The highest BCUT2D eigenvalue weighted by molar-refractivity contribution is 7.09. The second-order valence-corrected chi connectivity index (χ2v) is 8.10. The Hall–Kier alpha value is -1.46. The highest BCUT2D eigenvalue weighted by Crippen LogP contribution is 2.34. The molecule has 0 aliphatic carbocycles. The molecular weight excluding hydrogens is 385 g/mol. The fraction of sp³-hybridized carbons (Fsp3) is 0.308. The Balaban J connectivity index is 2.18. The second kappa shape index (κ2) is 6.97. The summed E-state index contributed by atoms with van der Waals surface area (Å²) in [6.07, 6.45) is 3.65. The number of hydrogen-bond acceptors (Lipinski definition) is 4. The quantitative estimate of drug-likeness (QED) is 0.610. The lowest BCUT2D eigenvalue weighted by Gasteiger charge is -2.22. The van der Waals surface area contributed by atoms with Crippen LogP contribution in [0.25, 0.3) is 4.85 Å². The number of alkyl halides is 3. The Morgan fingerprint density at radius 1 is 1.57 bits per heavy atom. The van der Waals surface area contributed by atoms with Crippen LogP contribution in [-0.2, 0) is 4.74 Å². The van der Waals surface area contributed by atoms with E-state index in [0.29, 0.717) is 5.69 Å². The molecule has 0 aromatic carbocycles. The van der Waals surface area contributed by atoms with E-state index < -0.39 is 22.4 Å². The molecule has 2 heterocycles. The molecule has 1 atom stereocenters. The topological polar surface area (TPSA) is 66.8 Å². The number of carbonyl (C=O) groups is 1. The first kappa shape index (κ1) is 17.9. The maximum Gasteiger partial charge on any atom is 0.416 e. The van der Waals surface area contributed by atoms with E-state index in [4.69, 9.17) is 46.1 Å². The number of H-pyrrole nitrogens is 1. The van der Waals surface area contributed by atoms with Crippen LogP contribution in [0, 0.1) is 13.5 Å². The van der Waals surface area contributed by atoms with Crippen LogP contribution in [0.15, 0.2) is 29.0 Å². The Morgan fingerprint density at radius 2 is 2.26 bits per heavy atom. The van der Waals surface area contributed by atoms with E-state index in [1.165, 1.54) is 12.4 Å². The van der Waals surface area contributed by atoms with Crippen LogP contribution in [0.2, 0.25) is 0 Å². The van der Waals surface area contributed by atoms with Crippen molar-refractivity contribution in [3.05, 3.63) is 55.8 Å². The molecule has 1 aromatic rings. The maximum absolute atomic E-state index is 11.9. The van der Waals surface area contributed by atoms with Gasteiger partial charge in [0.2, 0.25) is 3.79 Å². The molecule has 0 fully saturated rings. The average molecular weight is 395 g/mol. The number of carbonyl (C=O) groups excluding carboxylic acids is 1. The van der Waals surface area contributed by atoms with Gasteiger partial charge in [0.05, 0.1) is 12.5 Å². The Morgan fingerprint density at radius 3 is 2.78 bits per heavy atom. The molecule has 6 nitrogen and oxygen atoms in total. The van der Waals surface area contributed by atoms with E-state index in [1.54, 1.807) is 13.0 Å². The standard InChI is InChI=1S/C13H10Cl3N3O3S/c1-7-10(23-11(20)18-7)8-3-4-19(5-9(8)17-2)12(21)22-6-13(14,15)16/h3-5,8H,6H2,1H3,(H,18,20). The van der Waals surface area contributed by atoms with Crippen molar-refractivity contribution in [1.82, 2.24) is 9.88 Å². The van der Waals surface area contributed by atoms with Crippen LogP contribution in [0.3, 0.4) is 0 Å². The van der Waals surface area contributed by atoms with Crippen molar-refractivity contribution < 1.29 is 9.53 Å². The van der Waals surface area contributed by atoms with Crippen LogP contribution in [0.1, 0.15) is 16.5 Å². The predicted molar refractivity (Wildman–Crippen MR) is 89.7 cm³/mol.